The minimum atomic E-state index is -4.17. The third-order valence-corrected chi connectivity index (χ3v) is 6.78. The van der Waals surface area contributed by atoms with Crippen molar-refractivity contribution in [3.05, 3.63) is 0 Å². The molecule has 2 saturated heterocycles. The summed E-state index contributed by atoms with van der Waals surface area (Å²) < 4.78 is 44.5. The molecule has 0 aromatic heterocycles. The van der Waals surface area contributed by atoms with Gasteiger partial charge in [-0.05, 0) is 32.4 Å². The molecule has 27 heavy (non-hydrogen) atoms. The topological polar surface area (TPSA) is 40.1 Å². The molecular formula is C18H33F3N4OS. The molecule has 0 aliphatic carbocycles. The number of aliphatic imine (C=N–C) groups is 1. The zero-order valence-electron chi connectivity index (χ0n) is 16.6. The van der Waals surface area contributed by atoms with Crippen molar-refractivity contribution in [2.24, 2.45) is 4.99 Å². The van der Waals surface area contributed by atoms with Crippen LogP contribution in [-0.2, 0) is 4.74 Å². The van der Waals surface area contributed by atoms with Crippen LogP contribution in [-0.4, -0.2) is 91.0 Å². The van der Waals surface area contributed by atoms with Gasteiger partial charge in [0.1, 0.15) is 6.04 Å². The van der Waals surface area contributed by atoms with E-state index < -0.39 is 12.2 Å². The van der Waals surface area contributed by atoms with Gasteiger partial charge >= 0.3 is 6.18 Å². The quantitative estimate of drug-likeness (QED) is 0.539. The SMILES string of the molecule is CCNC(=NCC1(SCC)CCOCC1)N1CCN(C(C)C(F)(F)F)CC1. The lowest BCUT2D eigenvalue weighted by molar-refractivity contribution is -0.181. The fourth-order valence-electron chi connectivity index (χ4n) is 3.57. The van der Waals surface area contributed by atoms with Crippen molar-refractivity contribution in [3.8, 4) is 0 Å². The van der Waals surface area contributed by atoms with Crippen LogP contribution in [0.1, 0.15) is 33.6 Å². The van der Waals surface area contributed by atoms with Crippen molar-refractivity contribution >= 4 is 17.7 Å². The molecule has 2 rings (SSSR count). The normalized spacial score (nSPS) is 23.3. The van der Waals surface area contributed by atoms with Crippen LogP contribution in [0.15, 0.2) is 4.99 Å². The molecule has 158 valence electrons. The molecule has 0 spiro atoms. The van der Waals surface area contributed by atoms with Crippen LogP contribution < -0.4 is 5.32 Å². The maximum absolute atomic E-state index is 12.9. The summed E-state index contributed by atoms with van der Waals surface area (Å²) in [7, 11) is 0. The second kappa shape index (κ2) is 10.2. The Morgan fingerprint density at radius 1 is 1.19 bits per heavy atom. The monoisotopic (exact) mass is 410 g/mol. The number of hydrogen-bond donors (Lipinski definition) is 1. The summed E-state index contributed by atoms with van der Waals surface area (Å²) in [5, 5.41) is 3.32. The highest BCUT2D eigenvalue weighted by atomic mass is 32.2. The van der Waals surface area contributed by atoms with E-state index in [0.29, 0.717) is 26.2 Å². The summed E-state index contributed by atoms with van der Waals surface area (Å²) >= 11 is 1.95. The summed E-state index contributed by atoms with van der Waals surface area (Å²) in [6, 6.07) is -1.40. The molecule has 0 bridgehead atoms. The molecule has 2 heterocycles. The summed E-state index contributed by atoms with van der Waals surface area (Å²) in [5.74, 6) is 1.86. The molecule has 2 aliphatic rings. The third kappa shape index (κ3) is 6.42. The molecule has 2 aliphatic heterocycles. The average molecular weight is 411 g/mol. The van der Waals surface area contributed by atoms with Crippen LogP contribution in [0.5, 0.6) is 0 Å². The summed E-state index contributed by atoms with van der Waals surface area (Å²) in [6.07, 6.45) is -2.19. The number of halogens is 3. The number of guanidine groups is 1. The Morgan fingerprint density at radius 2 is 1.81 bits per heavy atom. The Morgan fingerprint density at radius 3 is 2.33 bits per heavy atom. The maximum Gasteiger partial charge on any atom is 0.403 e. The first-order chi connectivity index (χ1) is 12.8. The summed E-state index contributed by atoms with van der Waals surface area (Å²) in [6.45, 7) is 10.3. The predicted octanol–water partition coefficient (Wildman–Crippen LogP) is 2.82. The Balaban J connectivity index is 1.99. The molecule has 5 nitrogen and oxygen atoms in total. The molecule has 9 heteroatoms. The summed E-state index contributed by atoms with van der Waals surface area (Å²) in [4.78, 5) is 8.48. The summed E-state index contributed by atoms with van der Waals surface area (Å²) in [5.41, 5.74) is 0. The van der Waals surface area contributed by atoms with Gasteiger partial charge in [-0.3, -0.25) is 9.89 Å². The van der Waals surface area contributed by atoms with Crippen molar-refractivity contribution < 1.29 is 17.9 Å². The van der Waals surface area contributed by atoms with E-state index in [-0.39, 0.29) is 4.75 Å². The molecule has 0 saturated carbocycles. The van der Waals surface area contributed by atoms with Gasteiger partial charge in [-0.1, -0.05) is 6.92 Å². The highest BCUT2D eigenvalue weighted by molar-refractivity contribution is 8.00. The first kappa shape index (κ1) is 22.6. The van der Waals surface area contributed by atoms with E-state index in [1.165, 1.54) is 11.8 Å². The van der Waals surface area contributed by atoms with E-state index in [4.69, 9.17) is 9.73 Å². The molecule has 1 unspecified atom stereocenters. The van der Waals surface area contributed by atoms with Crippen LogP contribution in [0.2, 0.25) is 0 Å². The molecule has 0 radical (unpaired) electrons. The maximum atomic E-state index is 12.9. The molecule has 0 amide bonds. The van der Waals surface area contributed by atoms with Gasteiger partial charge in [0.15, 0.2) is 5.96 Å². The lowest BCUT2D eigenvalue weighted by atomic mass is 9.99. The number of thioether (sulfide) groups is 1. The largest absolute Gasteiger partial charge is 0.403 e. The Bertz CT molecular complexity index is 470. The minimum absolute atomic E-state index is 0.111. The molecule has 1 atom stereocenters. The van der Waals surface area contributed by atoms with Gasteiger partial charge < -0.3 is 15.0 Å². The van der Waals surface area contributed by atoms with E-state index in [0.717, 1.165) is 50.9 Å². The van der Waals surface area contributed by atoms with Gasteiger partial charge in [-0.15, -0.1) is 0 Å². The fourth-order valence-corrected chi connectivity index (χ4v) is 4.79. The number of nitrogens with one attached hydrogen (secondary N) is 1. The average Bonchev–Trinajstić information content (AvgIpc) is 2.65. The first-order valence-corrected chi connectivity index (χ1v) is 10.9. The van der Waals surface area contributed by atoms with E-state index in [2.05, 4.69) is 17.1 Å². The number of ether oxygens (including phenoxy) is 1. The van der Waals surface area contributed by atoms with Crippen molar-refractivity contribution in [3.63, 3.8) is 0 Å². The van der Waals surface area contributed by atoms with Crippen LogP contribution in [0.25, 0.3) is 0 Å². The standard InChI is InChI=1S/C18H33F3N4OS/c1-4-22-16(23-14-17(27-5-2)6-12-26-13-7-17)25-10-8-24(9-11-25)15(3)18(19,20)21/h15H,4-14H2,1-3H3,(H,22,23). The van der Waals surface area contributed by atoms with Crippen molar-refractivity contribution in [1.82, 2.24) is 15.1 Å². The zero-order valence-corrected chi connectivity index (χ0v) is 17.5. The number of alkyl halides is 3. The minimum Gasteiger partial charge on any atom is -0.381 e. The van der Waals surface area contributed by atoms with Crippen LogP contribution in [0.3, 0.4) is 0 Å². The molecule has 2 fully saturated rings. The Labute approximate surface area is 165 Å². The first-order valence-electron chi connectivity index (χ1n) is 9.87. The van der Waals surface area contributed by atoms with Gasteiger partial charge in [0, 0.05) is 50.7 Å². The lowest BCUT2D eigenvalue weighted by Crippen LogP contribution is -2.57. The number of rotatable bonds is 6. The lowest BCUT2D eigenvalue weighted by Gasteiger charge is -2.40. The number of piperazine rings is 1. The third-order valence-electron chi connectivity index (χ3n) is 5.34. The van der Waals surface area contributed by atoms with Gasteiger partial charge in [-0.25, -0.2) is 0 Å². The highest BCUT2D eigenvalue weighted by Gasteiger charge is 2.41. The van der Waals surface area contributed by atoms with Crippen molar-refractivity contribution in [2.45, 2.75) is 50.6 Å². The van der Waals surface area contributed by atoms with Crippen LogP contribution in [0.4, 0.5) is 13.2 Å². The Kier molecular flexibility index (Phi) is 8.55. The molecule has 0 aromatic carbocycles. The van der Waals surface area contributed by atoms with Gasteiger partial charge in [0.25, 0.3) is 0 Å². The second-order valence-electron chi connectivity index (χ2n) is 7.14. The fraction of sp³-hybridized carbons (Fsp3) is 0.944. The van der Waals surface area contributed by atoms with E-state index in [1.807, 2.05) is 18.7 Å². The Hall–Kier alpha value is -0.670. The van der Waals surface area contributed by atoms with Crippen molar-refractivity contribution in [2.75, 3.05) is 58.2 Å². The van der Waals surface area contributed by atoms with Crippen LogP contribution >= 0.6 is 11.8 Å². The highest BCUT2D eigenvalue weighted by Crippen LogP contribution is 2.35. The van der Waals surface area contributed by atoms with Gasteiger partial charge in [0.05, 0.1) is 6.54 Å². The molecular weight excluding hydrogens is 377 g/mol. The van der Waals surface area contributed by atoms with Crippen molar-refractivity contribution in [1.29, 1.82) is 0 Å². The number of nitrogens with zero attached hydrogens (tertiary/aromatic N) is 3. The van der Waals surface area contributed by atoms with Gasteiger partial charge in [0.2, 0.25) is 0 Å². The number of hydrogen-bond acceptors (Lipinski definition) is 4. The smallest absolute Gasteiger partial charge is 0.381 e. The van der Waals surface area contributed by atoms with E-state index >= 15 is 0 Å². The predicted molar refractivity (Wildman–Crippen MR) is 106 cm³/mol. The van der Waals surface area contributed by atoms with Crippen LogP contribution in [0, 0.1) is 0 Å². The molecule has 1 N–H and O–H groups in total. The molecule has 0 aromatic rings. The zero-order chi connectivity index (χ0) is 19.9. The van der Waals surface area contributed by atoms with E-state index in [1.54, 1.807) is 0 Å². The van der Waals surface area contributed by atoms with Gasteiger partial charge in [-0.2, -0.15) is 24.9 Å². The second-order valence-corrected chi connectivity index (χ2v) is 8.87. The van der Waals surface area contributed by atoms with E-state index in [9.17, 15) is 13.2 Å².